The highest BCUT2D eigenvalue weighted by Gasteiger charge is 2.30. The monoisotopic (exact) mass is 429 g/mol. The molecule has 1 aliphatic rings. The molecule has 3 heterocycles. The summed E-state index contributed by atoms with van der Waals surface area (Å²) in [6, 6.07) is 6.82. The second kappa shape index (κ2) is 7.79. The molecule has 0 saturated carbocycles. The fourth-order valence-corrected chi connectivity index (χ4v) is 4.82. The van der Waals surface area contributed by atoms with Crippen molar-refractivity contribution < 1.29 is 23.5 Å². The molecule has 0 saturated heterocycles. The Kier molecular flexibility index (Phi) is 5.17. The third kappa shape index (κ3) is 3.50. The molecular formula is C20H19N3O6S. The van der Waals surface area contributed by atoms with Crippen molar-refractivity contribution in [1.29, 1.82) is 0 Å². The van der Waals surface area contributed by atoms with Crippen molar-refractivity contribution in [1.82, 2.24) is 9.47 Å². The summed E-state index contributed by atoms with van der Waals surface area (Å²) in [5.74, 6) is -1.71. The summed E-state index contributed by atoms with van der Waals surface area (Å²) in [5.41, 5.74) is 1.99. The SMILES string of the molecule is COC(=O)c1c(NC(=O)Cn2c(=O)oc3ccccc32)sc2c1CCN(C(C)=O)C2. The third-order valence-corrected chi connectivity index (χ3v) is 6.15. The average Bonchev–Trinajstić information content (AvgIpc) is 3.23. The lowest BCUT2D eigenvalue weighted by molar-refractivity contribution is -0.129. The highest BCUT2D eigenvalue weighted by atomic mass is 32.1. The topological polar surface area (TPSA) is 111 Å². The van der Waals surface area contributed by atoms with E-state index in [0.717, 1.165) is 10.4 Å². The molecule has 1 aromatic carbocycles. The van der Waals surface area contributed by atoms with Crippen LogP contribution in [0.25, 0.3) is 11.1 Å². The van der Waals surface area contributed by atoms with Gasteiger partial charge in [0.15, 0.2) is 5.58 Å². The number of nitrogens with zero attached hydrogens (tertiary/aromatic N) is 2. The molecule has 0 fully saturated rings. The number of esters is 1. The lowest BCUT2D eigenvalue weighted by atomic mass is 10.0. The Morgan fingerprint density at radius 1 is 1.27 bits per heavy atom. The summed E-state index contributed by atoms with van der Waals surface area (Å²) in [6.45, 7) is 2.10. The van der Waals surface area contributed by atoms with Crippen LogP contribution in [0.3, 0.4) is 0 Å². The summed E-state index contributed by atoms with van der Waals surface area (Å²) < 4.78 is 11.3. The zero-order valence-electron chi connectivity index (χ0n) is 16.4. The Bertz CT molecular complexity index is 1220. The molecule has 1 aliphatic heterocycles. The van der Waals surface area contributed by atoms with E-state index in [2.05, 4.69) is 5.32 Å². The highest BCUT2D eigenvalue weighted by Crippen LogP contribution is 2.37. The van der Waals surface area contributed by atoms with Crippen LogP contribution < -0.4 is 11.1 Å². The summed E-state index contributed by atoms with van der Waals surface area (Å²) in [5, 5.41) is 3.08. The lowest BCUT2D eigenvalue weighted by Gasteiger charge is -2.25. The maximum Gasteiger partial charge on any atom is 0.420 e. The molecule has 0 spiro atoms. The number of oxazole rings is 1. The molecule has 156 valence electrons. The van der Waals surface area contributed by atoms with E-state index in [1.54, 1.807) is 29.2 Å². The first-order valence-corrected chi connectivity index (χ1v) is 10.1. The number of rotatable bonds is 4. The lowest BCUT2D eigenvalue weighted by Crippen LogP contribution is -2.33. The van der Waals surface area contributed by atoms with Gasteiger partial charge in [0.1, 0.15) is 11.5 Å². The average molecular weight is 429 g/mol. The number of ether oxygens (including phenoxy) is 1. The first-order chi connectivity index (χ1) is 14.4. The number of amides is 2. The standard InChI is InChI=1S/C20H19N3O6S/c1-11(24)22-8-7-12-15(9-22)30-18(17(12)19(26)28-2)21-16(25)10-23-13-5-3-4-6-14(13)29-20(23)27/h3-6H,7-10H2,1-2H3,(H,21,25). The number of carbonyl (C=O) groups is 3. The number of nitrogens with one attached hydrogen (secondary N) is 1. The maximum atomic E-state index is 12.7. The number of fused-ring (bicyclic) bond motifs is 2. The predicted molar refractivity (Wildman–Crippen MR) is 110 cm³/mol. The van der Waals surface area contributed by atoms with Crippen LogP contribution in [-0.2, 0) is 33.8 Å². The minimum Gasteiger partial charge on any atom is -0.465 e. The zero-order chi connectivity index (χ0) is 21.4. The second-order valence-corrected chi connectivity index (χ2v) is 7.97. The van der Waals surface area contributed by atoms with Crippen molar-refractivity contribution in [2.75, 3.05) is 19.0 Å². The Labute approximate surface area is 174 Å². The quantitative estimate of drug-likeness (QED) is 0.635. The summed E-state index contributed by atoms with van der Waals surface area (Å²) in [7, 11) is 1.28. The number of para-hydroxylation sites is 2. The van der Waals surface area contributed by atoms with Gasteiger partial charge in [0, 0.05) is 18.3 Å². The number of benzene rings is 1. The molecule has 30 heavy (non-hydrogen) atoms. The molecule has 0 bridgehead atoms. The van der Waals surface area contributed by atoms with E-state index in [0.29, 0.717) is 41.2 Å². The van der Waals surface area contributed by atoms with Gasteiger partial charge in [-0.25, -0.2) is 9.59 Å². The Morgan fingerprint density at radius 2 is 2.03 bits per heavy atom. The molecule has 0 aliphatic carbocycles. The van der Waals surface area contributed by atoms with Crippen LogP contribution in [0.4, 0.5) is 5.00 Å². The van der Waals surface area contributed by atoms with Crippen molar-refractivity contribution in [3.63, 3.8) is 0 Å². The van der Waals surface area contributed by atoms with Crippen molar-refractivity contribution >= 4 is 45.2 Å². The normalized spacial score (nSPS) is 13.2. The molecular weight excluding hydrogens is 410 g/mol. The fourth-order valence-electron chi connectivity index (χ4n) is 3.55. The first-order valence-electron chi connectivity index (χ1n) is 9.25. The number of hydrogen-bond donors (Lipinski definition) is 1. The molecule has 3 aromatic rings. The van der Waals surface area contributed by atoms with Crippen molar-refractivity contribution in [3.8, 4) is 0 Å². The second-order valence-electron chi connectivity index (χ2n) is 6.86. The van der Waals surface area contributed by atoms with Gasteiger partial charge in [-0.1, -0.05) is 12.1 Å². The van der Waals surface area contributed by atoms with Crippen LogP contribution in [0.2, 0.25) is 0 Å². The van der Waals surface area contributed by atoms with Crippen LogP contribution in [0.1, 0.15) is 27.7 Å². The molecule has 2 amide bonds. The number of anilines is 1. The van der Waals surface area contributed by atoms with Gasteiger partial charge in [0.25, 0.3) is 0 Å². The minimum atomic E-state index is -0.637. The van der Waals surface area contributed by atoms with Gasteiger partial charge < -0.3 is 19.4 Å². The van der Waals surface area contributed by atoms with E-state index < -0.39 is 17.6 Å². The Hall–Kier alpha value is -3.40. The van der Waals surface area contributed by atoms with Crippen molar-refractivity contribution in [3.05, 3.63) is 50.8 Å². The van der Waals surface area contributed by atoms with Crippen LogP contribution in [0.5, 0.6) is 0 Å². The van der Waals surface area contributed by atoms with Gasteiger partial charge >= 0.3 is 11.7 Å². The van der Waals surface area contributed by atoms with Gasteiger partial charge in [0.2, 0.25) is 11.8 Å². The largest absolute Gasteiger partial charge is 0.465 e. The molecule has 2 aromatic heterocycles. The van der Waals surface area contributed by atoms with E-state index in [4.69, 9.17) is 9.15 Å². The maximum absolute atomic E-state index is 12.7. The van der Waals surface area contributed by atoms with Crippen LogP contribution in [0.15, 0.2) is 33.5 Å². The number of aromatic nitrogens is 1. The first kappa shape index (κ1) is 19.9. The third-order valence-electron chi connectivity index (χ3n) is 5.02. The molecule has 0 unspecified atom stereocenters. The van der Waals surface area contributed by atoms with Crippen molar-refractivity contribution in [2.45, 2.75) is 26.4 Å². The number of thiophene rings is 1. The predicted octanol–water partition coefficient (Wildman–Crippen LogP) is 1.99. The summed E-state index contributed by atoms with van der Waals surface area (Å²) in [4.78, 5) is 51.4. The van der Waals surface area contributed by atoms with Gasteiger partial charge in [-0.15, -0.1) is 11.3 Å². The molecule has 4 rings (SSSR count). The smallest absolute Gasteiger partial charge is 0.420 e. The summed E-state index contributed by atoms with van der Waals surface area (Å²) in [6.07, 6.45) is 0.498. The zero-order valence-corrected chi connectivity index (χ0v) is 17.2. The Balaban J connectivity index is 1.63. The van der Waals surface area contributed by atoms with E-state index in [1.807, 2.05) is 0 Å². The Morgan fingerprint density at radius 3 is 2.77 bits per heavy atom. The van der Waals surface area contributed by atoms with Gasteiger partial charge in [-0.05, 0) is 24.1 Å². The number of hydrogen-bond acceptors (Lipinski definition) is 7. The van der Waals surface area contributed by atoms with E-state index in [1.165, 1.54) is 29.9 Å². The van der Waals surface area contributed by atoms with E-state index in [-0.39, 0.29) is 12.5 Å². The van der Waals surface area contributed by atoms with Crippen LogP contribution in [0, 0.1) is 0 Å². The number of carbonyl (C=O) groups excluding carboxylic acids is 3. The van der Waals surface area contributed by atoms with Crippen molar-refractivity contribution in [2.24, 2.45) is 0 Å². The fraction of sp³-hybridized carbons (Fsp3) is 0.300. The molecule has 10 heteroatoms. The molecule has 0 atom stereocenters. The number of methoxy groups -OCH3 is 1. The molecule has 1 N–H and O–H groups in total. The minimum absolute atomic E-state index is 0.0505. The van der Waals surface area contributed by atoms with E-state index in [9.17, 15) is 19.2 Å². The van der Waals surface area contributed by atoms with Crippen LogP contribution >= 0.6 is 11.3 Å². The summed E-state index contributed by atoms with van der Waals surface area (Å²) >= 11 is 1.24. The van der Waals surface area contributed by atoms with Gasteiger partial charge in [0.05, 0.1) is 24.7 Å². The van der Waals surface area contributed by atoms with Crippen LogP contribution in [-0.4, -0.2) is 40.9 Å². The molecule has 9 nitrogen and oxygen atoms in total. The highest BCUT2D eigenvalue weighted by molar-refractivity contribution is 7.17. The van der Waals surface area contributed by atoms with Gasteiger partial charge in [-0.3, -0.25) is 14.2 Å². The molecule has 0 radical (unpaired) electrons. The van der Waals surface area contributed by atoms with E-state index >= 15 is 0 Å². The van der Waals surface area contributed by atoms with Gasteiger partial charge in [-0.2, -0.15) is 0 Å².